The van der Waals surface area contributed by atoms with Crippen molar-refractivity contribution in [2.45, 2.75) is 0 Å². The molecule has 4 heterocycles. The normalized spacial score (nSPS) is 11.5. The fourth-order valence-electron chi connectivity index (χ4n) is 6.57. The molecule has 42 heavy (non-hydrogen) atoms. The Labute approximate surface area is 244 Å². The van der Waals surface area contributed by atoms with Gasteiger partial charge in [0.25, 0.3) is 0 Å². The Hall–Kier alpha value is -5.74. The maximum absolute atomic E-state index is 4.83. The van der Waals surface area contributed by atoms with E-state index in [4.69, 9.17) is 9.97 Å². The molecule has 1 aliphatic rings. The quantitative estimate of drug-likeness (QED) is 0.224. The van der Waals surface area contributed by atoms with E-state index in [0.717, 1.165) is 67.6 Å². The lowest BCUT2D eigenvalue weighted by atomic mass is 9.84. The first kappa shape index (κ1) is 24.1. The Balaban J connectivity index is 1.65. The monoisotopic (exact) mass is 538 g/mol. The van der Waals surface area contributed by atoms with E-state index in [0.29, 0.717) is 0 Å². The van der Waals surface area contributed by atoms with Crippen molar-refractivity contribution >= 4 is 23.1 Å². The van der Waals surface area contributed by atoms with Gasteiger partial charge in [-0.05, 0) is 47.5 Å². The lowest BCUT2D eigenvalue weighted by Crippen LogP contribution is -2.05. The molecule has 0 unspecified atom stereocenters. The molecule has 4 nitrogen and oxygen atoms in total. The summed E-state index contributed by atoms with van der Waals surface area (Å²) in [5.41, 5.74) is 12.1. The SMILES string of the molecule is C=Cc1c2c(n(-c3ccccn3)c1C=C)-c1ccccc1-c1c(n(-c3ccccn3)c3ccccc13)-c1ccccc1-2. The Morgan fingerprint density at radius 1 is 0.500 bits per heavy atom. The van der Waals surface area contributed by atoms with Gasteiger partial charge < -0.3 is 0 Å². The van der Waals surface area contributed by atoms with E-state index in [-0.39, 0.29) is 0 Å². The van der Waals surface area contributed by atoms with Crippen LogP contribution in [0.15, 0.2) is 135 Å². The minimum absolute atomic E-state index is 0.834. The van der Waals surface area contributed by atoms with Gasteiger partial charge in [0.05, 0.1) is 22.6 Å². The van der Waals surface area contributed by atoms with Gasteiger partial charge >= 0.3 is 0 Å². The zero-order chi connectivity index (χ0) is 28.2. The predicted molar refractivity (Wildman–Crippen MR) is 174 cm³/mol. The Kier molecular flexibility index (Phi) is 5.41. The van der Waals surface area contributed by atoms with Crippen molar-refractivity contribution < 1.29 is 0 Å². The number of nitrogens with zero attached hydrogens (tertiary/aromatic N) is 4. The molecular formula is C38H26N4. The zero-order valence-electron chi connectivity index (χ0n) is 22.9. The number of benzene rings is 3. The summed E-state index contributed by atoms with van der Waals surface area (Å²) < 4.78 is 4.54. The van der Waals surface area contributed by atoms with E-state index in [2.05, 4.69) is 101 Å². The molecule has 0 aliphatic heterocycles. The zero-order valence-corrected chi connectivity index (χ0v) is 22.9. The van der Waals surface area contributed by atoms with Crippen molar-refractivity contribution in [2.75, 3.05) is 0 Å². The predicted octanol–water partition coefficient (Wildman–Crippen LogP) is 9.48. The van der Waals surface area contributed by atoms with Crippen molar-refractivity contribution in [3.8, 4) is 56.4 Å². The third kappa shape index (κ3) is 3.29. The van der Waals surface area contributed by atoms with Crippen molar-refractivity contribution in [1.29, 1.82) is 0 Å². The molecule has 3 aromatic carbocycles. The number of rotatable bonds is 4. The van der Waals surface area contributed by atoms with Gasteiger partial charge in [-0.2, -0.15) is 0 Å². The highest BCUT2D eigenvalue weighted by Crippen LogP contribution is 2.54. The molecule has 0 saturated carbocycles. The molecule has 0 radical (unpaired) electrons. The average molecular weight is 539 g/mol. The van der Waals surface area contributed by atoms with Crippen LogP contribution >= 0.6 is 0 Å². The van der Waals surface area contributed by atoms with Crippen molar-refractivity contribution in [3.05, 3.63) is 146 Å². The number of pyridine rings is 2. The molecule has 4 heteroatoms. The molecule has 198 valence electrons. The summed E-state index contributed by atoms with van der Waals surface area (Å²) in [4.78, 5) is 9.64. The van der Waals surface area contributed by atoms with Gasteiger partial charge in [0.1, 0.15) is 11.6 Å². The van der Waals surface area contributed by atoms with Gasteiger partial charge in [0.15, 0.2) is 0 Å². The summed E-state index contributed by atoms with van der Waals surface area (Å²) in [6.45, 7) is 8.53. The first-order valence-corrected chi connectivity index (χ1v) is 14.0. The van der Waals surface area contributed by atoms with Crippen LogP contribution in [0, 0.1) is 0 Å². The molecule has 0 saturated heterocycles. The summed E-state index contributed by atoms with van der Waals surface area (Å²) in [6, 6.07) is 38.1. The highest BCUT2D eigenvalue weighted by molar-refractivity contribution is 6.13. The number of aromatic nitrogens is 4. The summed E-state index contributed by atoms with van der Waals surface area (Å²) in [5, 5.41) is 1.17. The maximum atomic E-state index is 4.83. The number of hydrogen-bond donors (Lipinski definition) is 0. The number of hydrogen-bond acceptors (Lipinski definition) is 2. The molecule has 0 amide bonds. The average Bonchev–Trinajstić information content (AvgIpc) is 3.57. The number of para-hydroxylation sites is 1. The number of fused-ring (bicyclic) bond motifs is 10. The summed E-state index contributed by atoms with van der Waals surface area (Å²) >= 11 is 0. The fourth-order valence-corrected chi connectivity index (χ4v) is 6.57. The highest BCUT2D eigenvalue weighted by Gasteiger charge is 2.33. The van der Waals surface area contributed by atoms with Crippen molar-refractivity contribution in [1.82, 2.24) is 19.1 Å². The van der Waals surface area contributed by atoms with Crippen LogP contribution < -0.4 is 0 Å². The molecule has 0 N–H and O–H groups in total. The van der Waals surface area contributed by atoms with Crippen LogP contribution in [0.3, 0.4) is 0 Å². The summed E-state index contributed by atoms with van der Waals surface area (Å²) in [5.74, 6) is 1.71. The van der Waals surface area contributed by atoms with Crippen LogP contribution in [0.25, 0.3) is 79.5 Å². The van der Waals surface area contributed by atoms with E-state index in [9.17, 15) is 0 Å². The Bertz CT molecular complexity index is 2160. The minimum atomic E-state index is 0.834. The summed E-state index contributed by atoms with van der Waals surface area (Å²) in [6.07, 6.45) is 7.56. The molecule has 8 rings (SSSR count). The molecule has 0 atom stereocenters. The van der Waals surface area contributed by atoms with Crippen LogP contribution in [0.5, 0.6) is 0 Å². The molecule has 0 bridgehead atoms. The second-order valence-electron chi connectivity index (χ2n) is 10.3. The van der Waals surface area contributed by atoms with Crippen LogP contribution in [-0.2, 0) is 0 Å². The van der Waals surface area contributed by atoms with Crippen LogP contribution in [-0.4, -0.2) is 19.1 Å². The van der Waals surface area contributed by atoms with E-state index in [1.165, 1.54) is 10.9 Å². The van der Waals surface area contributed by atoms with Gasteiger partial charge in [0, 0.05) is 45.6 Å². The molecular weight excluding hydrogens is 512 g/mol. The maximum Gasteiger partial charge on any atom is 0.137 e. The Morgan fingerprint density at radius 3 is 1.62 bits per heavy atom. The second-order valence-corrected chi connectivity index (χ2v) is 10.3. The standard InChI is InChI=1S/C38H26N4/c1-3-25-31(4-2)41(33-21-11-13-23-39-33)37-29-18-8-6-16-27(29)36-30-19-9-10-20-32(30)42(34-22-12-14-24-40-34)38(36)28-17-7-5-15-26(28)35(25)37/h3-24H,1-2H2. The first-order valence-electron chi connectivity index (χ1n) is 14.0. The van der Waals surface area contributed by atoms with Gasteiger partial charge in [0.2, 0.25) is 0 Å². The second kappa shape index (κ2) is 9.43. The molecule has 7 aromatic rings. The van der Waals surface area contributed by atoms with E-state index in [1.54, 1.807) is 0 Å². The summed E-state index contributed by atoms with van der Waals surface area (Å²) in [7, 11) is 0. The van der Waals surface area contributed by atoms with Gasteiger partial charge in [-0.15, -0.1) is 0 Å². The van der Waals surface area contributed by atoms with Crippen LogP contribution in [0.4, 0.5) is 0 Å². The van der Waals surface area contributed by atoms with Gasteiger partial charge in [-0.25, -0.2) is 9.97 Å². The largest absolute Gasteiger partial charge is 0.293 e. The van der Waals surface area contributed by atoms with Crippen molar-refractivity contribution in [2.24, 2.45) is 0 Å². The lowest BCUT2D eigenvalue weighted by molar-refractivity contribution is 1.00. The lowest BCUT2D eigenvalue weighted by Gasteiger charge is -2.22. The Morgan fingerprint density at radius 2 is 1.02 bits per heavy atom. The van der Waals surface area contributed by atoms with E-state index < -0.39 is 0 Å². The van der Waals surface area contributed by atoms with Gasteiger partial charge in [-0.1, -0.05) is 98.1 Å². The van der Waals surface area contributed by atoms with Gasteiger partial charge in [-0.3, -0.25) is 9.13 Å². The van der Waals surface area contributed by atoms with E-state index >= 15 is 0 Å². The van der Waals surface area contributed by atoms with E-state index in [1.807, 2.05) is 54.9 Å². The molecule has 4 aromatic heterocycles. The molecule has 0 fully saturated rings. The first-order chi connectivity index (χ1) is 20.8. The molecule has 1 aliphatic carbocycles. The highest BCUT2D eigenvalue weighted by atomic mass is 15.1. The minimum Gasteiger partial charge on any atom is -0.293 e. The third-order valence-electron chi connectivity index (χ3n) is 8.18. The third-order valence-corrected chi connectivity index (χ3v) is 8.18. The van der Waals surface area contributed by atoms with Crippen LogP contribution in [0.1, 0.15) is 11.3 Å². The van der Waals surface area contributed by atoms with Crippen molar-refractivity contribution in [3.63, 3.8) is 0 Å². The smallest absolute Gasteiger partial charge is 0.137 e. The fraction of sp³-hybridized carbons (Fsp3) is 0. The van der Waals surface area contributed by atoms with Crippen LogP contribution in [0.2, 0.25) is 0 Å². The molecule has 0 spiro atoms. The topological polar surface area (TPSA) is 35.6 Å².